The lowest BCUT2D eigenvalue weighted by Gasteiger charge is -2.31. The highest BCUT2D eigenvalue weighted by molar-refractivity contribution is 5.94. The fourth-order valence-corrected chi connectivity index (χ4v) is 4.79. The molecule has 4 heterocycles. The first-order valence-corrected chi connectivity index (χ1v) is 9.64. The second-order valence-corrected chi connectivity index (χ2v) is 8.27. The molecule has 0 aromatic carbocycles. The summed E-state index contributed by atoms with van der Waals surface area (Å²) in [5, 5.41) is 0. The standard InChI is InChI=1S/C21H27N5O2/c1-23(2)20(28)21-14-25(11-16-6-4-8-22-10-16)12-17(21)13-26(15-21)19(27)18-7-5-9-24(18)3/h4-10,17H,11-15H2,1-3H3/t17-,21-/m0/s1. The predicted octanol–water partition coefficient (Wildman–Crippen LogP) is 1.08. The Balaban J connectivity index is 1.56. The molecule has 2 aliphatic heterocycles. The second kappa shape index (κ2) is 7.05. The molecule has 0 N–H and O–H groups in total. The number of nitrogens with zero attached hydrogens (tertiary/aromatic N) is 5. The number of carbonyl (C=O) groups is 2. The Morgan fingerprint density at radius 3 is 2.68 bits per heavy atom. The van der Waals surface area contributed by atoms with E-state index in [2.05, 4.69) is 16.0 Å². The van der Waals surface area contributed by atoms with Crippen LogP contribution in [0.15, 0.2) is 42.9 Å². The predicted molar refractivity (Wildman–Crippen MR) is 105 cm³/mol. The first-order valence-electron chi connectivity index (χ1n) is 9.64. The Kier molecular flexibility index (Phi) is 4.71. The van der Waals surface area contributed by atoms with E-state index in [1.807, 2.05) is 47.1 Å². The molecular formula is C21H27N5O2. The van der Waals surface area contributed by atoms with Gasteiger partial charge in [0.05, 0.1) is 5.41 Å². The van der Waals surface area contributed by atoms with Crippen molar-refractivity contribution in [1.29, 1.82) is 0 Å². The molecule has 2 amide bonds. The Morgan fingerprint density at radius 1 is 1.21 bits per heavy atom. The van der Waals surface area contributed by atoms with Crippen molar-refractivity contribution in [3.8, 4) is 0 Å². The van der Waals surface area contributed by atoms with Crippen LogP contribution in [0.4, 0.5) is 0 Å². The molecule has 0 unspecified atom stereocenters. The van der Waals surface area contributed by atoms with Crippen LogP contribution in [0.5, 0.6) is 0 Å². The van der Waals surface area contributed by atoms with Crippen LogP contribution in [0.1, 0.15) is 16.1 Å². The number of hydrogen-bond acceptors (Lipinski definition) is 4. The topological polar surface area (TPSA) is 61.7 Å². The van der Waals surface area contributed by atoms with E-state index in [-0.39, 0.29) is 17.7 Å². The van der Waals surface area contributed by atoms with Gasteiger partial charge in [0, 0.05) is 78.4 Å². The van der Waals surface area contributed by atoms with Crippen LogP contribution in [-0.4, -0.2) is 76.3 Å². The van der Waals surface area contributed by atoms with Gasteiger partial charge in [0.1, 0.15) is 5.69 Å². The SMILES string of the molecule is CN(C)C(=O)[C@]12CN(Cc3cccnc3)C[C@H]1CN(C(=O)c1cccn1C)C2. The van der Waals surface area contributed by atoms with Gasteiger partial charge in [-0.25, -0.2) is 0 Å². The molecule has 4 rings (SSSR count). The Morgan fingerprint density at radius 2 is 2.04 bits per heavy atom. The summed E-state index contributed by atoms with van der Waals surface area (Å²) < 4.78 is 1.84. The number of rotatable bonds is 4. The van der Waals surface area contributed by atoms with Crippen LogP contribution < -0.4 is 0 Å². The van der Waals surface area contributed by atoms with Crippen LogP contribution in [0.2, 0.25) is 0 Å². The monoisotopic (exact) mass is 381 g/mol. The smallest absolute Gasteiger partial charge is 0.270 e. The minimum atomic E-state index is -0.535. The number of pyridine rings is 1. The molecule has 2 aliphatic rings. The lowest BCUT2D eigenvalue weighted by Crippen LogP contribution is -2.47. The number of carbonyl (C=O) groups excluding carboxylic acids is 2. The van der Waals surface area contributed by atoms with Crippen LogP contribution in [0, 0.1) is 11.3 Å². The molecule has 2 atom stereocenters. The van der Waals surface area contributed by atoms with Crippen LogP contribution in [0.25, 0.3) is 0 Å². The zero-order valence-corrected chi connectivity index (χ0v) is 16.7. The quantitative estimate of drug-likeness (QED) is 0.795. The van der Waals surface area contributed by atoms with Crippen molar-refractivity contribution in [2.24, 2.45) is 18.4 Å². The fraction of sp³-hybridized carbons (Fsp3) is 0.476. The summed E-state index contributed by atoms with van der Waals surface area (Å²) in [7, 11) is 5.49. The molecule has 7 nitrogen and oxygen atoms in total. The molecule has 148 valence electrons. The van der Waals surface area contributed by atoms with Crippen molar-refractivity contribution < 1.29 is 9.59 Å². The average molecular weight is 381 g/mol. The highest BCUT2D eigenvalue weighted by Gasteiger charge is 2.58. The van der Waals surface area contributed by atoms with Crippen LogP contribution in [0.3, 0.4) is 0 Å². The highest BCUT2D eigenvalue weighted by atomic mass is 16.2. The van der Waals surface area contributed by atoms with Crippen LogP contribution in [-0.2, 0) is 18.4 Å². The van der Waals surface area contributed by atoms with E-state index in [1.54, 1.807) is 25.2 Å². The van der Waals surface area contributed by atoms with Gasteiger partial charge in [-0.15, -0.1) is 0 Å². The van der Waals surface area contributed by atoms with E-state index < -0.39 is 5.41 Å². The summed E-state index contributed by atoms with van der Waals surface area (Å²) in [5.41, 5.74) is 1.28. The summed E-state index contributed by atoms with van der Waals surface area (Å²) in [6, 6.07) is 7.71. The van der Waals surface area contributed by atoms with Crippen molar-refractivity contribution in [3.05, 3.63) is 54.1 Å². The maximum absolute atomic E-state index is 13.2. The third kappa shape index (κ3) is 3.09. The zero-order chi connectivity index (χ0) is 19.9. The van der Waals surface area contributed by atoms with Crippen molar-refractivity contribution in [1.82, 2.24) is 24.3 Å². The molecule has 2 saturated heterocycles. The Bertz CT molecular complexity index is 878. The molecule has 28 heavy (non-hydrogen) atoms. The van der Waals surface area contributed by atoms with E-state index in [0.717, 1.165) is 18.7 Å². The maximum Gasteiger partial charge on any atom is 0.270 e. The first kappa shape index (κ1) is 18.7. The van der Waals surface area contributed by atoms with Gasteiger partial charge in [0.2, 0.25) is 5.91 Å². The largest absolute Gasteiger partial charge is 0.348 e. The molecule has 7 heteroatoms. The van der Waals surface area contributed by atoms with Gasteiger partial charge in [-0.1, -0.05) is 6.07 Å². The third-order valence-electron chi connectivity index (χ3n) is 6.09. The molecule has 0 saturated carbocycles. The zero-order valence-electron chi connectivity index (χ0n) is 16.7. The molecule has 2 aromatic heterocycles. The third-order valence-corrected chi connectivity index (χ3v) is 6.09. The van der Waals surface area contributed by atoms with E-state index >= 15 is 0 Å². The number of aromatic nitrogens is 2. The molecule has 2 aromatic rings. The van der Waals surface area contributed by atoms with E-state index in [9.17, 15) is 9.59 Å². The lowest BCUT2D eigenvalue weighted by molar-refractivity contribution is -0.139. The second-order valence-electron chi connectivity index (χ2n) is 8.27. The summed E-state index contributed by atoms with van der Waals surface area (Å²) in [4.78, 5) is 36.3. The molecule has 0 radical (unpaired) electrons. The Labute approximate surface area is 165 Å². The Hall–Kier alpha value is -2.67. The van der Waals surface area contributed by atoms with Gasteiger partial charge in [-0.3, -0.25) is 19.5 Å². The number of amides is 2. The molecule has 0 bridgehead atoms. The number of hydrogen-bond donors (Lipinski definition) is 0. The molecule has 2 fully saturated rings. The number of aryl methyl sites for hydroxylation is 1. The van der Waals surface area contributed by atoms with Crippen LogP contribution >= 0.6 is 0 Å². The molecule has 0 spiro atoms. The minimum Gasteiger partial charge on any atom is -0.348 e. The normalized spacial score (nSPS) is 24.4. The molecular weight excluding hydrogens is 354 g/mol. The average Bonchev–Trinajstić information content (AvgIpc) is 3.34. The van der Waals surface area contributed by atoms with Gasteiger partial charge < -0.3 is 14.4 Å². The van der Waals surface area contributed by atoms with Gasteiger partial charge in [-0.2, -0.15) is 0 Å². The van der Waals surface area contributed by atoms with Gasteiger partial charge in [-0.05, 0) is 23.8 Å². The number of likely N-dealkylation sites (tertiary alicyclic amines) is 2. The highest BCUT2D eigenvalue weighted by Crippen LogP contribution is 2.44. The summed E-state index contributed by atoms with van der Waals surface area (Å²) in [6.07, 6.45) is 5.52. The summed E-state index contributed by atoms with van der Waals surface area (Å²) >= 11 is 0. The fourth-order valence-electron chi connectivity index (χ4n) is 4.79. The first-order chi connectivity index (χ1) is 13.4. The maximum atomic E-state index is 13.2. The number of fused-ring (bicyclic) bond motifs is 1. The van der Waals surface area contributed by atoms with Crippen molar-refractivity contribution in [2.45, 2.75) is 6.54 Å². The summed E-state index contributed by atoms with van der Waals surface area (Å²) in [6.45, 7) is 3.35. The van der Waals surface area contributed by atoms with Crippen molar-refractivity contribution in [2.75, 3.05) is 40.3 Å². The van der Waals surface area contributed by atoms with E-state index in [4.69, 9.17) is 0 Å². The minimum absolute atomic E-state index is 0.00615. The van der Waals surface area contributed by atoms with E-state index in [1.165, 1.54) is 0 Å². The summed E-state index contributed by atoms with van der Waals surface area (Å²) in [5.74, 6) is 0.267. The lowest BCUT2D eigenvalue weighted by atomic mass is 9.80. The van der Waals surface area contributed by atoms with Gasteiger partial charge in [0.25, 0.3) is 5.91 Å². The van der Waals surface area contributed by atoms with Crippen molar-refractivity contribution >= 4 is 11.8 Å². The van der Waals surface area contributed by atoms with Gasteiger partial charge in [0.15, 0.2) is 0 Å². The molecule has 0 aliphatic carbocycles. The van der Waals surface area contributed by atoms with Gasteiger partial charge >= 0.3 is 0 Å². The van der Waals surface area contributed by atoms with E-state index in [0.29, 0.717) is 25.3 Å². The van der Waals surface area contributed by atoms with Crippen molar-refractivity contribution in [3.63, 3.8) is 0 Å².